The van der Waals surface area contributed by atoms with Crippen molar-refractivity contribution in [1.29, 1.82) is 0 Å². The van der Waals surface area contributed by atoms with Crippen molar-refractivity contribution >= 4 is 0 Å². The SMILES string of the molecule is CCCC1CCC(C2CCC(C3CCC(C4CCC(COc5ccc(OCC)c(F)c5F)CC4)CC3)CO2)CC1. The highest BCUT2D eigenvalue weighted by Crippen LogP contribution is 2.45. The zero-order valence-corrected chi connectivity index (χ0v) is 25.2. The van der Waals surface area contributed by atoms with Gasteiger partial charge in [-0.05, 0) is 138 Å². The molecular weight excluding hydrogens is 506 g/mol. The summed E-state index contributed by atoms with van der Waals surface area (Å²) in [7, 11) is 0. The second-order valence-electron chi connectivity index (χ2n) is 13.7. The van der Waals surface area contributed by atoms with Gasteiger partial charge in [-0.25, -0.2) is 0 Å². The summed E-state index contributed by atoms with van der Waals surface area (Å²) in [6, 6.07) is 2.95. The molecule has 3 saturated carbocycles. The molecule has 1 aliphatic heterocycles. The van der Waals surface area contributed by atoms with Crippen molar-refractivity contribution in [3.05, 3.63) is 23.8 Å². The Hall–Kier alpha value is -1.36. The van der Waals surface area contributed by atoms with Crippen molar-refractivity contribution in [2.75, 3.05) is 19.8 Å². The van der Waals surface area contributed by atoms with Crippen molar-refractivity contribution in [3.8, 4) is 11.5 Å². The second-order valence-corrected chi connectivity index (χ2v) is 13.7. The highest BCUT2D eigenvalue weighted by atomic mass is 19.2. The number of halogens is 2. The highest BCUT2D eigenvalue weighted by Gasteiger charge is 2.37. The molecule has 3 aliphatic carbocycles. The van der Waals surface area contributed by atoms with Gasteiger partial charge in [0.15, 0.2) is 11.5 Å². The summed E-state index contributed by atoms with van der Waals surface area (Å²) in [6.45, 7) is 5.86. The number of hydrogen-bond donors (Lipinski definition) is 0. The molecule has 0 bridgehead atoms. The smallest absolute Gasteiger partial charge is 0.204 e. The molecule has 3 nitrogen and oxygen atoms in total. The molecule has 2 atom stereocenters. The van der Waals surface area contributed by atoms with Crippen LogP contribution >= 0.6 is 0 Å². The lowest BCUT2D eigenvalue weighted by Gasteiger charge is -2.43. The van der Waals surface area contributed by atoms with Gasteiger partial charge < -0.3 is 14.2 Å². The van der Waals surface area contributed by atoms with Crippen molar-refractivity contribution in [3.63, 3.8) is 0 Å². The molecule has 0 radical (unpaired) electrons. The molecule has 1 aromatic carbocycles. The quantitative estimate of drug-likeness (QED) is 0.285. The molecule has 0 N–H and O–H groups in total. The fraction of sp³-hybridized carbons (Fsp3) is 0.829. The van der Waals surface area contributed by atoms with E-state index in [1.165, 1.54) is 102 Å². The van der Waals surface area contributed by atoms with E-state index in [2.05, 4.69) is 6.92 Å². The Morgan fingerprint density at radius 1 is 0.625 bits per heavy atom. The summed E-state index contributed by atoms with van der Waals surface area (Å²) >= 11 is 0. The third kappa shape index (κ3) is 7.53. The van der Waals surface area contributed by atoms with Crippen LogP contribution in [0.15, 0.2) is 12.1 Å². The van der Waals surface area contributed by atoms with Crippen LogP contribution in [0.2, 0.25) is 0 Å². The molecule has 1 aromatic rings. The molecule has 5 rings (SSSR count). The van der Waals surface area contributed by atoms with Gasteiger partial charge in [0.2, 0.25) is 11.6 Å². The van der Waals surface area contributed by atoms with E-state index in [-0.39, 0.29) is 11.5 Å². The van der Waals surface area contributed by atoms with E-state index in [9.17, 15) is 8.78 Å². The molecule has 4 aliphatic rings. The minimum absolute atomic E-state index is 0.00114. The third-order valence-electron chi connectivity index (χ3n) is 11.3. The topological polar surface area (TPSA) is 27.7 Å². The average Bonchev–Trinajstić information content (AvgIpc) is 3.00. The van der Waals surface area contributed by atoms with Gasteiger partial charge in [0.05, 0.1) is 25.9 Å². The van der Waals surface area contributed by atoms with E-state index in [0.717, 1.165) is 55.0 Å². The summed E-state index contributed by atoms with van der Waals surface area (Å²) in [5.41, 5.74) is 0. The summed E-state index contributed by atoms with van der Waals surface area (Å²) in [4.78, 5) is 0. The van der Waals surface area contributed by atoms with Gasteiger partial charge >= 0.3 is 0 Å². The van der Waals surface area contributed by atoms with E-state index < -0.39 is 11.6 Å². The van der Waals surface area contributed by atoms with Crippen LogP contribution in [0.3, 0.4) is 0 Å². The molecule has 5 heteroatoms. The first-order valence-electron chi connectivity index (χ1n) is 16.9. The van der Waals surface area contributed by atoms with Gasteiger partial charge in [0.25, 0.3) is 0 Å². The maximum atomic E-state index is 14.4. The number of ether oxygens (including phenoxy) is 3. The lowest BCUT2D eigenvalue weighted by molar-refractivity contribution is -0.0750. The van der Waals surface area contributed by atoms with E-state index in [4.69, 9.17) is 14.2 Å². The highest BCUT2D eigenvalue weighted by molar-refractivity contribution is 5.35. The molecule has 40 heavy (non-hydrogen) atoms. The van der Waals surface area contributed by atoms with Crippen LogP contribution in [0.1, 0.15) is 117 Å². The predicted octanol–water partition coefficient (Wildman–Crippen LogP) is 9.76. The Bertz CT molecular complexity index is 890. The van der Waals surface area contributed by atoms with Crippen molar-refractivity contribution in [2.45, 2.75) is 123 Å². The number of hydrogen-bond acceptors (Lipinski definition) is 3. The number of rotatable bonds is 10. The van der Waals surface area contributed by atoms with E-state index in [1.54, 1.807) is 6.92 Å². The van der Waals surface area contributed by atoms with Crippen LogP contribution < -0.4 is 9.47 Å². The van der Waals surface area contributed by atoms with Crippen LogP contribution in [-0.4, -0.2) is 25.9 Å². The van der Waals surface area contributed by atoms with E-state index in [1.807, 2.05) is 0 Å². The zero-order valence-electron chi connectivity index (χ0n) is 25.2. The van der Waals surface area contributed by atoms with Crippen molar-refractivity contribution < 1.29 is 23.0 Å². The Morgan fingerprint density at radius 2 is 1.12 bits per heavy atom. The monoisotopic (exact) mass is 560 g/mol. The van der Waals surface area contributed by atoms with Gasteiger partial charge in [0.1, 0.15) is 0 Å². The molecular formula is C35H54F2O3. The Kier molecular flexibility index (Phi) is 11.1. The standard InChI is InChI=1S/C35H54F2O3/c1-3-5-24-6-12-29(13-7-24)31-19-18-30(23-40-31)28-16-14-27(15-17-28)26-10-8-25(9-11-26)22-39-33-21-20-32(38-4-2)34(36)35(33)37/h20-21,24-31H,3-19,22-23H2,1-2H3. The fourth-order valence-electron chi connectivity index (χ4n) is 8.81. The fourth-order valence-corrected chi connectivity index (χ4v) is 8.81. The van der Waals surface area contributed by atoms with Crippen molar-refractivity contribution in [1.82, 2.24) is 0 Å². The maximum absolute atomic E-state index is 14.4. The van der Waals surface area contributed by atoms with Crippen LogP contribution in [0, 0.1) is 53.1 Å². The van der Waals surface area contributed by atoms with Gasteiger partial charge in [0, 0.05) is 0 Å². The molecule has 0 spiro atoms. The normalized spacial score (nSPS) is 35.3. The average molecular weight is 561 g/mol. The summed E-state index contributed by atoms with van der Waals surface area (Å²) in [6.07, 6.45) is 21.9. The van der Waals surface area contributed by atoms with Gasteiger partial charge in [-0.15, -0.1) is 0 Å². The van der Waals surface area contributed by atoms with Gasteiger partial charge in [-0.3, -0.25) is 0 Å². The Balaban J connectivity index is 0.978. The van der Waals surface area contributed by atoms with Crippen LogP contribution in [0.4, 0.5) is 8.78 Å². The van der Waals surface area contributed by atoms with Crippen LogP contribution in [0.5, 0.6) is 11.5 Å². The second kappa shape index (κ2) is 14.7. The lowest BCUT2D eigenvalue weighted by Crippen LogP contribution is -2.37. The minimum Gasteiger partial charge on any atom is -0.491 e. The first-order chi connectivity index (χ1) is 19.6. The summed E-state index contributed by atoms with van der Waals surface area (Å²) < 4.78 is 45.9. The van der Waals surface area contributed by atoms with E-state index >= 15 is 0 Å². The largest absolute Gasteiger partial charge is 0.491 e. The summed E-state index contributed by atoms with van der Waals surface area (Å²) in [5, 5.41) is 0. The van der Waals surface area contributed by atoms with Gasteiger partial charge in [-0.1, -0.05) is 32.6 Å². The molecule has 4 fully saturated rings. The molecule has 0 amide bonds. The lowest BCUT2D eigenvalue weighted by atomic mass is 9.66. The van der Waals surface area contributed by atoms with E-state index in [0.29, 0.717) is 25.2 Å². The Labute approximate surface area is 242 Å². The molecule has 2 unspecified atom stereocenters. The molecule has 1 saturated heterocycles. The predicted molar refractivity (Wildman–Crippen MR) is 157 cm³/mol. The molecule has 226 valence electrons. The molecule has 0 aromatic heterocycles. The first kappa shape index (κ1) is 30.1. The third-order valence-corrected chi connectivity index (χ3v) is 11.3. The summed E-state index contributed by atoms with van der Waals surface area (Å²) in [5.74, 6) is 3.63. The Morgan fingerprint density at radius 3 is 1.68 bits per heavy atom. The van der Waals surface area contributed by atoms with Crippen molar-refractivity contribution in [2.24, 2.45) is 41.4 Å². The van der Waals surface area contributed by atoms with Crippen LogP contribution in [0.25, 0.3) is 0 Å². The maximum Gasteiger partial charge on any atom is 0.204 e. The first-order valence-corrected chi connectivity index (χ1v) is 16.9. The van der Waals surface area contributed by atoms with Crippen LogP contribution in [-0.2, 0) is 4.74 Å². The minimum atomic E-state index is -0.956. The molecule has 1 heterocycles. The van der Waals surface area contributed by atoms with Gasteiger partial charge in [-0.2, -0.15) is 8.78 Å². The number of benzene rings is 1. The zero-order chi connectivity index (χ0) is 27.9.